The van der Waals surface area contributed by atoms with E-state index in [-0.39, 0.29) is 27.4 Å². The third-order valence-corrected chi connectivity index (χ3v) is 5.19. The van der Waals surface area contributed by atoms with Crippen LogP contribution in [-0.4, -0.2) is 32.3 Å². The molecule has 1 aliphatic carbocycles. The summed E-state index contributed by atoms with van der Waals surface area (Å²) in [5.74, 6) is -0.220. The first-order chi connectivity index (χ1) is 8.80. The summed E-state index contributed by atoms with van der Waals surface area (Å²) >= 11 is 5.78. The molecule has 0 N–H and O–H groups in total. The van der Waals surface area contributed by atoms with E-state index in [1.165, 1.54) is 18.2 Å². The van der Waals surface area contributed by atoms with Crippen LogP contribution in [0.2, 0.25) is 5.02 Å². The molecule has 1 saturated carbocycles. The van der Waals surface area contributed by atoms with E-state index in [0.717, 1.165) is 19.3 Å². The second-order valence-corrected chi connectivity index (χ2v) is 7.53. The minimum Gasteiger partial charge on any atom is -0.339 e. The fraction of sp³-hybridized carbons (Fsp3) is 0.417. The van der Waals surface area contributed by atoms with Gasteiger partial charge in [-0.25, -0.2) is 8.42 Å². The van der Waals surface area contributed by atoms with Crippen molar-refractivity contribution in [2.45, 2.75) is 30.2 Å². The van der Waals surface area contributed by atoms with Crippen molar-refractivity contribution in [1.82, 2.24) is 4.90 Å². The van der Waals surface area contributed by atoms with Crippen LogP contribution in [0.4, 0.5) is 0 Å². The van der Waals surface area contributed by atoms with E-state index in [9.17, 15) is 13.2 Å². The second-order valence-electron chi connectivity index (χ2n) is 4.58. The van der Waals surface area contributed by atoms with Crippen molar-refractivity contribution < 1.29 is 13.2 Å². The zero-order chi connectivity index (χ0) is 14.2. The van der Waals surface area contributed by atoms with Crippen LogP contribution in [0.15, 0.2) is 23.1 Å². The molecule has 4 nitrogen and oxygen atoms in total. The summed E-state index contributed by atoms with van der Waals surface area (Å²) in [4.78, 5) is 13.6. The van der Waals surface area contributed by atoms with Gasteiger partial charge in [-0.2, -0.15) is 0 Å². The average Bonchev–Trinajstić information content (AvgIpc) is 2.24. The van der Waals surface area contributed by atoms with Crippen molar-refractivity contribution in [3.8, 4) is 0 Å². The predicted molar refractivity (Wildman–Crippen MR) is 74.2 cm³/mol. The van der Waals surface area contributed by atoms with Gasteiger partial charge in [0.2, 0.25) is 0 Å². The van der Waals surface area contributed by atoms with Crippen LogP contribution < -0.4 is 0 Å². The Balaban J connectivity index is 2.33. The molecule has 0 aromatic heterocycles. The van der Waals surface area contributed by atoms with Gasteiger partial charge in [0, 0.05) is 29.3 Å². The van der Waals surface area contributed by atoms with Crippen LogP contribution in [0, 0.1) is 0 Å². The van der Waals surface area contributed by atoms with Gasteiger partial charge in [0.05, 0.1) is 5.02 Å². The fourth-order valence-corrected chi connectivity index (χ4v) is 3.46. The number of nitrogens with zero attached hydrogens (tertiary/aromatic N) is 1. The first-order valence-electron chi connectivity index (χ1n) is 5.82. The summed E-state index contributed by atoms with van der Waals surface area (Å²) in [5, 5.41) is 0.0119. The Labute approximate surface area is 121 Å². The van der Waals surface area contributed by atoms with Gasteiger partial charge >= 0.3 is 0 Å². The Morgan fingerprint density at radius 3 is 2.47 bits per heavy atom. The standard InChI is InChI=1S/C12H13Cl2NO3S/c1-15(9-3-2-4-9)12(16)8-5-6-10(13)11(7-8)19(14,17)18/h5-7,9H,2-4H2,1H3. The highest BCUT2D eigenvalue weighted by Crippen LogP contribution is 2.28. The average molecular weight is 322 g/mol. The molecule has 7 heteroatoms. The van der Waals surface area contributed by atoms with Gasteiger partial charge in [-0.3, -0.25) is 4.79 Å². The Morgan fingerprint density at radius 1 is 1.37 bits per heavy atom. The molecule has 0 unspecified atom stereocenters. The molecule has 1 aliphatic rings. The molecular weight excluding hydrogens is 309 g/mol. The molecule has 1 amide bonds. The van der Waals surface area contributed by atoms with Crippen molar-refractivity contribution in [2.75, 3.05) is 7.05 Å². The highest BCUT2D eigenvalue weighted by molar-refractivity contribution is 8.13. The minimum atomic E-state index is -3.96. The molecule has 0 bridgehead atoms. The van der Waals surface area contributed by atoms with Crippen LogP contribution in [0.3, 0.4) is 0 Å². The molecule has 0 saturated heterocycles. The summed E-state index contributed by atoms with van der Waals surface area (Å²) in [6, 6.07) is 4.34. The van der Waals surface area contributed by atoms with Crippen LogP contribution in [0.5, 0.6) is 0 Å². The quantitative estimate of drug-likeness (QED) is 0.804. The lowest BCUT2D eigenvalue weighted by atomic mass is 9.91. The van der Waals surface area contributed by atoms with Crippen molar-refractivity contribution in [1.29, 1.82) is 0 Å². The largest absolute Gasteiger partial charge is 0.339 e. The molecule has 0 radical (unpaired) electrons. The zero-order valence-corrected chi connectivity index (χ0v) is 12.6. The first kappa shape index (κ1) is 14.6. The van der Waals surface area contributed by atoms with E-state index >= 15 is 0 Å². The van der Waals surface area contributed by atoms with E-state index in [0.29, 0.717) is 0 Å². The highest BCUT2D eigenvalue weighted by Gasteiger charge is 2.27. The van der Waals surface area contributed by atoms with Crippen LogP contribution in [0.1, 0.15) is 29.6 Å². The maximum atomic E-state index is 12.2. The second kappa shape index (κ2) is 5.31. The molecule has 1 fully saturated rings. The monoisotopic (exact) mass is 321 g/mol. The number of carbonyl (C=O) groups is 1. The van der Waals surface area contributed by atoms with Crippen LogP contribution in [0.25, 0.3) is 0 Å². The number of amides is 1. The number of hydrogen-bond donors (Lipinski definition) is 0. The number of hydrogen-bond acceptors (Lipinski definition) is 3. The Bertz CT molecular complexity index is 611. The van der Waals surface area contributed by atoms with Crippen LogP contribution >= 0.6 is 22.3 Å². The number of carbonyl (C=O) groups excluding carboxylic acids is 1. The van der Waals surface area contributed by atoms with Gasteiger partial charge in [0.25, 0.3) is 15.0 Å². The topological polar surface area (TPSA) is 54.5 Å². The molecule has 19 heavy (non-hydrogen) atoms. The summed E-state index contributed by atoms with van der Waals surface area (Å²) in [6.07, 6.45) is 3.08. The molecule has 0 aliphatic heterocycles. The summed E-state index contributed by atoms with van der Waals surface area (Å²) in [6.45, 7) is 0. The first-order valence-corrected chi connectivity index (χ1v) is 8.51. The molecule has 0 heterocycles. The predicted octanol–water partition coefficient (Wildman–Crippen LogP) is 2.89. The smallest absolute Gasteiger partial charge is 0.262 e. The number of benzene rings is 1. The van der Waals surface area contributed by atoms with E-state index < -0.39 is 9.05 Å². The minimum absolute atomic E-state index is 0.0119. The molecule has 2 rings (SSSR count). The van der Waals surface area contributed by atoms with Gasteiger partial charge in [-0.05, 0) is 37.5 Å². The van der Waals surface area contributed by atoms with Gasteiger partial charge in [-0.15, -0.1) is 0 Å². The Morgan fingerprint density at radius 2 is 2.00 bits per heavy atom. The SMILES string of the molecule is CN(C(=O)c1ccc(Cl)c(S(=O)(=O)Cl)c1)C1CCC1. The van der Waals surface area contributed by atoms with Gasteiger partial charge in [0.15, 0.2) is 0 Å². The van der Waals surface area contributed by atoms with Gasteiger partial charge < -0.3 is 4.90 Å². The van der Waals surface area contributed by atoms with Crippen molar-refractivity contribution in [3.63, 3.8) is 0 Å². The lowest BCUT2D eigenvalue weighted by Crippen LogP contribution is -2.41. The maximum absolute atomic E-state index is 12.2. The van der Waals surface area contributed by atoms with Crippen molar-refractivity contribution in [2.24, 2.45) is 0 Å². The van der Waals surface area contributed by atoms with Gasteiger partial charge in [-0.1, -0.05) is 11.6 Å². The highest BCUT2D eigenvalue weighted by atomic mass is 35.7. The fourth-order valence-electron chi connectivity index (χ4n) is 1.97. The maximum Gasteiger partial charge on any atom is 0.262 e. The number of halogens is 2. The van der Waals surface area contributed by atoms with Crippen molar-refractivity contribution >= 4 is 37.2 Å². The van der Waals surface area contributed by atoms with E-state index in [2.05, 4.69) is 0 Å². The van der Waals surface area contributed by atoms with E-state index in [1.807, 2.05) is 0 Å². The number of rotatable bonds is 3. The summed E-state index contributed by atoms with van der Waals surface area (Å²) in [7, 11) is 3.04. The van der Waals surface area contributed by atoms with Crippen LogP contribution in [-0.2, 0) is 9.05 Å². The summed E-state index contributed by atoms with van der Waals surface area (Å²) < 4.78 is 22.7. The normalized spacial score (nSPS) is 15.9. The molecule has 0 atom stereocenters. The molecular formula is C12H13Cl2NO3S. The zero-order valence-electron chi connectivity index (χ0n) is 10.3. The molecule has 1 aromatic rings. The Hall–Kier alpha value is -0.780. The van der Waals surface area contributed by atoms with Gasteiger partial charge in [0.1, 0.15) is 4.90 Å². The molecule has 0 spiro atoms. The lowest BCUT2D eigenvalue weighted by molar-refractivity contribution is 0.0652. The Kier molecular flexibility index (Phi) is 4.08. The molecule has 104 valence electrons. The molecule has 1 aromatic carbocycles. The third-order valence-electron chi connectivity index (χ3n) is 3.38. The van der Waals surface area contributed by atoms with E-state index in [1.54, 1.807) is 11.9 Å². The summed E-state index contributed by atoms with van der Waals surface area (Å²) in [5.41, 5.74) is 0.276. The van der Waals surface area contributed by atoms with E-state index in [4.69, 9.17) is 22.3 Å². The van der Waals surface area contributed by atoms with Crippen molar-refractivity contribution in [3.05, 3.63) is 28.8 Å². The lowest BCUT2D eigenvalue weighted by Gasteiger charge is -2.34. The third kappa shape index (κ3) is 3.04.